The first-order chi connectivity index (χ1) is 14.5. The van der Waals surface area contributed by atoms with Gasteiger partial charge in [-0.15, -0.1) is 0 Å². The summed E-state index contributed by atoms with van der Waals surface area (Å²) >= 11 is 1.23. The van der Waals surface area contributed by atoms with Gasteiger partial charge in [0.05, 0.1) is 23.1 Å². The van der Waals surface area contributed by atoms with Gasteiger partial charge in [-0.3, -0.25) is 9.59 Å². The lowest BCUT2D eigenvalue weighted by atomic mass is 9.87. The van der Waals surface area contributed by atoms with E-state index < -0.39 is 5.25 Å². The third kappa shape index (κ3) is 3.92. The highest BCUT2D eigenvalue weighted by Gasteiger charge is 2.41. The summed E-state index contributed by atoms with van der Waals surface area (Å²) in [5, 5.41) is 9.57. The number of nitriles is 1. The van der Waals surface area contributed by atoms with Crippen LogP contribution >= 0.6 is 11.8 Å². The predicted octanol–water partition coefficient (Wildman–Crippen LogP) is 3.90. The van der Waals surface area contributed by atoms with Gasteiger partial charge in [-0.05, 0) is 68.0 Å². The molecule has 0 N–H and O–H groups in total. The van der Waals surface area contributed by atoms with Crippen LogP contribution in [0.2, 0.25) is 0 Å². The summed E-state index contributed by atoms with van der Waals surface area (Å²) in [6, 6.07) is 11.1. The first-order valence-electron chi connectivity index (χ1n) is 10.2. The van der Waals surface area contributed by atoms with Crippen molar-refractivity contribution in [3.63, 3.8) is 0 Å². The van der Waals surface area contributed by atoms with Crippen molar-refractivity contribution in [1.29, 1.82) is 5.26 Å². The number of carbonyl (C=O) groups excluding carboxylic acids is 2. The third-order valence-electron chi connectivity index (χ3n) is 5.48. The Morgan fingerprint density at radius 1 is 1.27 bits per heavy atom. The van der Waals surface area contributed by atoms with Crippen LogP contribution < -0.4 is 9.64 Å². The van der Waals surface area contributed by atoms with Gasteiger partial charge in [-0.1, -0.05) is 18.7 Å². The van der Waals surface area contributed by atoms with Gasteiger partial charge < -0.3 is 4.74 Å². The zero-order chi connectivity index (χ0) is 21.3. The molecule has 2 amide bonds. The molecule has 2 aromatic rings. The Bertz CT molecular complexity index is 1030. The number of aryl methyl sites for hydroxylation is 1. The van der Waals surface area contributed by atoms with Crippen LogP contribution in [0.25, 0.3) is 0 Å². The van der Waals surface area contributed by atoms with Crippen molar-refractivity contribution < 1.29 is 14.3 Å². The number of hydrogen-bond donors (Lipinski definition) is 0. The van der Waals surface area contributed by atoms with E-state index in [1.165, 1.54) is 16.7 Å². The first-order valence-corrected chi connectivity index (χ1v) is 11.1. The van der Waals surface area contributed by atoms with Gasteiger partial charge in [-0.25, -0.2) is 9.88 Å². The molecule has 1 aromatic carbocycles. The summed E-state index contributed by atoms with van der Waals surface area (Å²) < 4.78 is 5.42. The second-order valence-corrected chi connectivity index (χ2v) is 8.90. The average Bonchev–Trinajstić information content (AvgIpc) is 3.01. The second-order valence-electron chi connectivity index (χ2n) is 7.71. The smallest absolute Gasteiger partial charge is 0.247 e. The van der Waals surface area contributed by atoms with Crippen molar-refractivity contribution in [2.24, 2.45) is 5.92 Å². The zero-order valence-corrected chi connectivity index (χ0v) is 17.9. The number of aromatic nitrogens is 1. The number of carbonyl (C=O) groups is 2. The van der Waals surface area contributed by atoms with Crippen molar-refractivity contribution in [2.75, 3.05) is 11.5 Å². The number of imide groups is 1. The second kappa shape index (κ2) is 8.49. The summed E-state index contributed by atoms with van der Waals surface area (Å²) in [6.07, 6.45) is 2.97. The average molecular weight is 422 g/mol. The Hall–Kier alpha value is -2.85. The summed E-state index contributed by atoms with van der Waals surface area (Å²) in [5.41, 5.74) is 3.14. The molecule has 1 fully saturated rings. The molecular weight excluding hydrogens is 398 g/mol. The number of benzene rings is 1. The number of rotatable bonds is 5. The summed E-state index contributed by atoms with van der Waals surface area (Å²) in [6.45, 7) is 4.65. The molecular formula is C23H23N3O3S. The van der Waals surface area contributed by atoms with E-state index in [1.54, 1.807) is 24.3 Å². The van der Waals surface area contributed by atoms with Crippen LogP contribution in [-0.4, -0.2) is 28.7 Å². The van der Waals surface area contributed by atoms with Crippen LogP contribution in [0.4, 0.5) is 5.69 Å². The third-order valence-corrected chi connectivity index (χ3v) is 6.67. The Morgan fingerprint density at radius 2 is 2.03 bits per heavy atom. The molecule has 4 rings (SSSR count). The summed E-state index contributed by atoms with van der Waals surface area (Å²) in [4.78, 5) is 31.5. The van der Waals surface area contributed by atoms with Gasteiger partial charge in [0.2, 0.25) is 11.8 Å². The summed E-state index contributed by atoms with van der Waals surface area (Å²) in [7, 11) is 0. The van der Waals surface area contributed by atoms with E-state index in [9.17, 15) is 14.9 Å². The number of fused-ring (bicyclic) bond motifs is 1. The Kier molecular flexibility index (Phi) is 5.78. The molecule has 1 saturated heterocycles. The van der Waals surface area contributed by atoms with Crippen molar-refractivity contribution in [3.05, 3.63) is 47.2 Å². The number of thioether (sulfide) groups is 1. The van der Waals surface area contributed by atoms with Crippen molar-refractivity contribution >= 4 is 29.3 Å². The molecule has 7 heteroatoms. The number of nitrogens with zero attached hydrogens (tertiary/aromatic N) is 3. The molecule has 6 nitrogen and oxygen atoms in total. The lowest BCUT2D eigenvalue weighted by Gasteiger charge is -2.22. The Labute approximate surface area is 180 Å². The number of anilines is 1. The maximum atomic E-state index is 13.0. The molecule has 0 radical (unpaired) electrons. The van der Waals surface area contributed by atoms with E-state index >= 15 is 0 Å². The van der Waals surface area contributed by atoms with Gasteiger partial charge in [0, 0.05) is 12.1 Å². The molecule has 154 valence electrons. The van der Waals surface area contributed by atoms with E-state index in [0.29, 0.717) is 34.6 Å². The van der Waals surface area contributed by atoms with Gasteiger partial charge in [-0.2, -0.15) is 5.26 Å². The molecule has 2 aliphatic rings. The van der Waals surface area contributed by atoms with Crippen molar-refractivity contribution in [1.82, 2.24) is 4.98 Å². The fourth-order valence-electron chi connectivity index (χ4n) is 3.96. The fraction of sp³-hybridized carbons (Fsp3) is 0.391. The Balaban J connectivity index is 1.55. The molecule has 1 aromatic heterocycles. The molecule has 30 heavy (non-hydrogen) atoms. The van der Waals surface area contributed by atoms with Crippen LogP contribution in [0.3, 0.4) is 0 Å². The lowest BCUT2D eigenvalue weighted by molar-refractivity contribution is -0.121. The van der Waals surface area contributed by atoms with Crippen LogP contribution in [0.1, 0.15) is 43.5 Å². The number of amides is 2. The van der Waals surface area contributed by atoms with Gasteiger partial charge in [0.15, 0.2) is 0 Å². The molecule has 2 atom stereocenters. The van der Waals surface area contributed by atoms with Crippen LogP contribution in [0, 0.1) is 17.2 Å². The lowest BCUT2D eigenvalue weighted by Crippen LogP contribution is -2.31. The van der Waals surface area contributed by atoms with E-state index in [1.807, 2.05) is 13.0 Å². The molecule has 0 bridgehead atoms. The van der Waals surface area contributed by atoms with E-state index in [-0.39, 0.29) is 18.2 Å². The molecule has 0 saturated carbocycles. The standard InChI is InChI=1S/C23H23N3O3S/c1-3-29-18-7-5-17(6-8-18)26-21(27)12-20(23(26)28)30-22-16(13-24)11-15-10-14(2)4-9-19(15)25-22/h5-8,11,14,20H,3-4,9-10,12H2,1-2H3. The zero-order valence-electron chi connectivity index (χ0n) is 17.1. The van der Waals surface area contributed by atoms with Crippen molar-refractivity contribution in [3.8, 4) is 11.8 Å². The van der Waals surface area contributed by atoms with Crippen LogP contribution in [-0.2, 0) is 22.4 Å². The minimum atomic E-state index is -0.579. The predicted molar refractivity (Wildman–Crippen MR) is 115 cm³/mol. The fourth-order valence-corrected chi connectivity index (χ4v) is 5.05. The van der Waals surface area contributed by atoms with Gasteiger partial charge >= 0.3 is 0 Å². The van der Waals surface area contributed by atoms with Gasteiger partial charge in [0.1, 0.15) is 16.8 Å². The minimum Gasteiger partial charge on any atom is -0.494 e. The maximum Gasteiger partial charge on any atom is 0.247 e. The van der Waals surface area contributed by atoms with Crippen LogP contribution in [0.15, 0.2) is 35.4 Å². The minimum absolute atomic E-state index is 0.0946. The highest BCUT2D eigenvalue weighted by Crippen LogP contribution is 2.36. The monoisotopic (exact) mass is 421 g/mol. The summed E-state index contributed by atoms with van der Waals surface area (Å²) in [5.74, 6) is 0.761. The van der Waals surface area contributed by atoms with Gasteiger partial charge in [0.25, 0.3) is 0 Å². The highest BCUT2D eigenvalue weighted by molar-refractivity contribution is 8.00. The SMILES string of the molecule is CCOc1ccc(N2C(=O)CC(Sc3nc4c(cc3C#N)CC(C)CC4)C2=O)cc1. The largest absolute Gasteiger partial charge is 0.494 e. The van der Waals surface area contributed by atoms with E-state index in [0.717, 1.165) is 30.5 Å². The van der Waals surface area contributed by atoms with Crippen molar-refractivity contribution in [2.45, 2.75) is 49.8 Å². The number of pyridine rings is 1. The maximum absolute atomic E-state index is 13.0. The van der Waals surface area contributed by atoms with E-state index in [4.69, 9.17) is 9.72 Å². The number of hydrogen-bond acceptors (Lipinski definition) is 6. The molecule has 2 heterocycles. The molecule has 1 aliphatic carbocycles. The molecule has 2 unspecified atom stereocenters. The quantitative estimate of drug-likeness (QED) is 0.681. The Morgan fingerprint density at radius 3 is 2.73 bits per heavy atom. The highest BCUT2D eigenvalue weighted by atomic mass is 32.2. The normalized spacial score (nSPS) is 20.8. The molecule has 0 spiro atoms. The van der Waals surface area contributed by atoms with E-state index in [2.05, 4.69) is 13.0 Å². The molecule has 1 aliphatic heterocycles. The van der Waals surface area contributed by atoms with Crippen LogP contribution in [0.5, 0.6) is 5.75 Å². The first kappa shape index (κ1) is 20.4. The number of ether oxygens (including phenoxy) is 1. The topological polar surface area (TPSA) is 83.3 Å².